The van der Waals surface area contributed by atoms with Crippen LogP contribution < -0.4 is 10.6 Å². The van der Waals surface area contributed by atoms with E-state index in [-0.39, 0.29) is 5.92 Å². The van der Waals surface area contributed by atoms with Crippen molar-refractivity contribution in [2.45, 2.75) is 18.8 Å². The Labute approximate surface area is 181 Å². The highest BCUT2D eigenvalue weighted by atomic mass is 35.5. The second-order valence-electron chi connectivity index (χ2n) is 7.72. The molecule has 4 rings (SSSR count). The summed E-state index contributed by atoms with van der Waals surface area (Å²) in [4.78, 5) is 17.7. The molecule has 7 nitrogen and oxygen atoms in total. The average Bonchev–Trinajstić information content (AvgIpc) is 2.74. The van der Waals surface area contributed by atoms with Crippen molar-refractivity contribution in [1.82, 2.24) is 19.9 Å². The van der Waals surface area contributed by atoms with Gasteiger partial charge in [0, 0.05) is 61.7 Å². The lowest BCUT2D eigenvalue weighted by molar-refractivity contribution is 0.203. The first-order valence-corrected chi connectivity index (χ1v) is 10.4. The number of hydrogen-bond acceptors (Lipinski definition) is 7. The second kappa shape index (κ2) is 8.72. The highest BCUT2D eigenvalue weighted by Crippen LogP contribution is 2.34. The lowest BCUT2D eigenvalue weighted by Crippen LogP contribution is -2.45. The molecule has 2 fully saturated rings. The van der Waals surface area contributed by atoms with Gasteiger partial charge in [0.25, 0.3) is 0 Å². The molecule has 2 aliphatic rings. The van der Waals surface area contributed by atoms with Crippen molar-refractivity contribution in [3.63, 3.8) is 0 Å². The third-order valence-electron chi connectivity index (χ3n) is 5.75. The van der Waals surface area contributed by atoms with Crippen LogP contribution in [0.3, 0.4) is 0 Å². The van der Waals surface area contributed by atoms with Crippen LogP contribution in [0, 0.1) is 17.2 Å². The first-order valence-electron chi connectivity index (χ1n) is 10.0. The van der Waals surface area contributed by atoms with Gasteiger partial charge in [-0.3, -0.25) is 4.98 Å². The fourth-order valence-electron chi connectivity index (χ4n) is 3.87. The molecule has 2 aromatic rings. The van der Waals surface area contributed by atoms with Crippen LogP contribution in [0.1, 0.15) is 30.0 Å². The zero-order chi connectivity index (χ0) is 21.1. The summed E-state index contributed by atoms with van der Waals surface area (Å²) in [5.74, 6) is 1.42. The van der Waals surface area contributed by atoms with Crippen LogP contribution in [0.15, 0.2) is 43.0 Å². The summed E-state index contributed by atoms with van der Waals surface area (Å²) in [6.45, 7) is 7.57. The molecule has 0 radical (unpaired) electrons. The molecular formula is C22H24ClN7. The summed E-state index contributed by atoms with van der Waals surface area (Å²) in [5, 5.41) is 9.54. The molecule has 0 unspecified atom stereocenters. The maximum atomic E-state index is 9.13. The van der Waals surface area contributed by atoms with Gasteiger partial charge in [0.05, 0.1) is 23.6 Å². The van der Waals surface area contributed by atoms with Crippen LogP contribution in [0.25, 0.3) is 6.08 Å². The SMILES string of the molecule is C=C(/C=C\c1cc(Cl)ncc1N)N1CC(c2nccnc2N2CCC(C#N)CC2)C1. The molecule has 0 aromatic carbocycles. The molecule has 2 aromatic heterocycles. The first kappa shape index (κ1) is 20.2. The number of nitrogen functional groups attached to an aromatic ring is 1. The predicted molar refractivity (Wildman–Crippen MR) is 119 cm³/mol. The lowest BCUT2D eigenvalue weighted by atomic mass is 9.93. The summed E-state index contributed by atoms with van der Waals surface area (Å²) in [5.41, 5.74) is 9.30. The Hall–Kier alpha value is -3.11. The smallest absolute Gasteiger partial charge is 0.150 e. The summed E-state index contributed by atoms with van der Waals surface area (Å²) in [6.07, 6.45) is 10.7. The topological polar surface area (TPSA) is 95.0 Å². The first-order chi connectivity index (χ1) is 14.5. The van der Waals surface area contributed by atoms with Crippen LogP contribution in [0.4, 0.5) is 11.5 Å². The number of nitrogens with zero attached hydrogens (tertiary/aromatic N) is 6. The van der Waals surface area contributed by atoms with Crippen molar-refractivity contribution in [2.75, 3.05) is 36.8 Å². The minimum Gasteiger partial charge on any atom is -0.397 e. The van der Waals surface area contributed by atoms with E-state index in [2.05, 4.69) is 37.4 Å². The normalized spacial score (nSPS) is 17.7. The minimum atomic E-state index is 0.153. The molecule has 2 saturated heterocycles. The summed E-state index contributed by atoms with van der Waals surface area (Å²) in [7, 11) is 0. The van der Waals surface area contributed by atoms with Crippen molar-refractivity contribution in [3.8, 4) is 6.07 Å². The Balaban J connectivity index is 1.39. The van der Waals surface area contributed by atoms with Gasteiger partial charge in [0.1, 0.15) is 5.15 Å². The van der Waals surface area contributed by atoms with E-state index in [9.17, 15) is 0 Å². The Morgan fingerprint density at radius 2 is 1.97 bits per heavy atom. The molecule has 0 bridgehead atoms. The van der Waals surface area contributed by atoms with E-state index in [1.54, 1.807) is 24.7 Å². The Kier molecular flexibility index (Phi) is 5.86. The van der Waals surface area contributed by atoms with Crippen molar-refractivity contribution >= 4 is 29.2 Å². The molecule has 0 atom stereocenters. The van der Waals surface area contributed by atoms with Crippen molar-refractivity contribution in [3.05, 3.63) is 59.4 Å². The lowest BCUT2D eigenvalue weighted by Gasteiger charge is -2.42. The number of allylic oxidation sites excluding steroid dienone is 1. The van der Waals surface area contributed by atoms with E-state index in [1.165, 1.54) is 0 Å². The number of anilines is 2. The van der Waals surface area contributed by atoms with Gasteiger partial charge in [-0.25, -0.2) is 9.97 Å². The molecule has 8 heteroatoms. The van der Waals surface area contributed by atoms with Crippen molar-refractivity contribution < 1.29 is 0 Å². The van der Waals surface area contributed by atoms with E-state index in [0.29, 0.717) is 16.8 Å². The zero-order valence-corrected chi connectivity index (χ0v) is 17.5. The van der Waals surface area contributed by atoms with E-state index >= 15 is 0 Å². The Bertz CT molecular complexity index is 999. The quantitative estimate of drug-likeness (QED) is 0.583. The maximum absolute atomic E-state index is 9.13. The molecule has 4 heterocycles. The third kappa shape index (κ3) is 4.24. The van der Waals surface area contributed by atoms with Crippen molar-refractivity contribution in [1.29, 1.82) is 5.26 Å². The van der Waals surface area contributed by atoms with Gasteiger partial charge in [-0.05, 0) is 25.0 Å². The Morgan fingerprint density at radius 1 is 1.23 bits per heavy atom. The number of pyridine rings is 1. The molecule has 0 saturated carbocycles. The maximum Gasteiger partial charge on any atom is 0.150 e. The van der Waals surface area contributed by atoms with Gasteiger partial charge >= 0.3 is 0 Å². The molecule has 2 N–H and O–H groups in total. The third-order valence-corrected chi connectivity index (χ3v) is 5.95. The standard InChI is InChI=1S/C22H24ClN7/c1-15(2-3-17-10-20(23)28-12-19(17)25)30-13-18(14-30)21-22(27-7-6-26-21)29-8-4-16(11-24)5-9-29/h2-3,6-7,10,12,16,18H,1,4-5,8-9,13-14,25H2/b3-2-. The number of piperidine rings is 1. The second-order valence-corrected chi connectivity index (χ2v) is 8.11. The number of likely N-dealkylation sites (tertiary alicyclic amines) is 1. The molecule has 2 aliphatic heterocycles. The molecular weight excluding hydrogens is 398 g/mol. The summed E-state index contributed by atoms with van der Waals surface area (Å²) < 4.78 is 0. The summed E-state index contributed by atoms with van der Waals surface area (Å²) in [6, 6.07) is 4.12. The van der Waals surface area contributed by atoms with E-state index < -0.39 is 0 Å². The number of nitriles is 1. The van der Waals surface area contributed by atoms with Crippen LogP contribution in [-0.2, 0) is 0 Å². The number of hydrogen-bond donors (Lipinski definition) is 1. The highest BCUT2D eigenvalue weighted by molar-refractivity contribution is 6.29. The van der Waals surface area contributed by atoms with Gasteiger partial charge in [-0.1, -0.05) is 24.3 Å². The van der Waals surface area contributed by atoms with Crippen LogP contribution >= 0.6 is 11.6 Å². The van der Waals surface area contributed by atoms with Crippen LogP contribution in [0.5, 0.6) is 0 Å². The Morgan fingerprint density at radius 3 is 2.70 bits per heavy atom. The van der Waals surface area contributed by atoms with Gasteiger partial charge in [0.2, 0.25) is 0 Å². The van der Waals surface area contributed by atoms with E-state index in [0.717, 1.165) is 61.8 Å². The summed E-state index contributed by atoms with van der Waals surface area (Å²) >= 11 is 5.95. The fraction of sp³-hybridized carbons (Fsp3) is 0.364. The van der Waals surface area contributed by atoms with Gasteiger partial charge < -0.3 is 15.5 Å². The number of nitrogens with two attached hydrogens (primary N) is 1. The number of rotatable bonds is 5. The number of halogens is 1. The average molecular weight is 422 g/mol. The van der Waals surface area contributed by atoms with Crippen LogP contribution in [0.2, 0.25) is 5.15 Å². The molecule has 30 heavy (non-hydrogen) atoms. The predicted octanol–water partition coefficient (Wildman–Crippen LogP) is 3.47. The number of aromatic nitrogens is 3. The minimum absolute atomic E-state index is 0.153. The van der Waals surface area contributed by atoms with Gasteiger partial charge in [0.15, 0.2) is 5.82 Å². The zero-order valence-electron chi connectivity index (χ0n) is 16.7. The monoisotopic (exact) mass is 421 g/mol. The highest BCUT2D eigenvalue weighted by Gasteiger charge is 2.33. The van der Waals surface area contributed by atoms with Crippen LogP contribution in [-0.4, -0.2) is 46.0 Å². The largest absolute Gasteiger partial charge is 0.397 e. The van der Waals surface area contributed by atoms with Gasteiger partial charge in [-0.15, -0.1) is 0 Å². The molecule has 154 valence electrons. The van der Waals surface area contributed by atoms with E-state index in [1.807, 2.05) is 12.2 Å². The molecule has 0 aliphatic carbocycles. The molecule has 0 spiro atoms. The van der Waals surface area contributed by atoms with E-state index in [4.69, 9.17) is 22.6 Å². The van der Waals surface area contributed by atoms with Gasteiger partial charge in [-0.2, -0.15) is 5.26 Å². The molecule has 0 amide bonds. The fourth-order valence-corrected chi connectivity index (χ4v) is 4.04. The van der Waals surface area contributed by atoms with Crippen molar-refractivity contribution in [2.24, 2.45) is 5.92 Å².